The van der Waals surface area contributed by atoms with E-state index in [9.17, 15) is 19.7 Å². The van der Waals surface area contributed by atoms with E-state index in [1.807, 2.05) is 24.3 Å². The minimum Gasteiger partial charge on any atom is -0.457 e. The monoisotopic (exact) mass is 477 g/mol. The minimum absolute atomic E-state index is 0.0603. The van der Waals surface area contributed by atoms with Crippen molar-refractivity contribution in [3.63, 3.8) is 0 Å². The van der Waals surface area contributed by atoms with E-state index in [4.69, 9.17) is 9.15 Å². The third-order valence-corrected chi connectivity index (χ3v) is 5.81. The molecular formula is C27H15N3O6. The SMILES string of the molecule is O=C1c2ccc(Oc3ccc([N+](=O)[O-])cc3)cc2C(=O)N1c1ccc(-c2nc3ccccc3o2)cc1. The molecule has 9 nitrogen and oxygen atoms in total. The predicted octanol–water partition coefficient (Wildman–Crippen LogP) is 6.00. The van der Waals surface area contributed by atoms with E-state index in [0.717, 1.165) is 10.4 Å². The number of anilines is 1. The van der Waals surface area contributed by atoms with E-state index in [1.54, 1.807) is 30.3 Å². The van der Waals surface area contributed by atoms with Gasteiger partial charge in [-0.25, -0.2) is 9.88 Å². The van der Waals surface area contributed by atoms with Gasteiger partial charge in [-0.3, -0.25) is 19.7 Å². The molecule has 5 aromatic rings. The number of nitro benzene ring substituents is 1. The molecule has 0 spiro atoms. The van der Waals surface area contributed by atoms with Gasteiger partial charge in [0.05, 0.1) is 21.7 Å². The summed E-state index contributed by atoms with van der Waals surface area (Å²) in [5.74, 6) is 0.226. The number of carbonyl (C=O) groups excluding carboxylic acids is 2. The van der Waals surface area contributed by atoms with Crippen molar-refractivity contribution in [2.45, 2.75) is 0 Å². The van der Waals surface area contributed by atoms with Crippen molar-refractivity contribution in [3.05, 3.63) is 112 Å². The van der Waals surface area contributed by atoms with Gasteiger partial charge in [0, 0.05) is 17.7 Å². The Kier molecular flexibility index (Phi) is 4.82. The summed E-state index contributed by atoms with van der Waals surface area (Å²) in [4.78, 5) is 42.1. The Morgan fingerprint density at radius 1 is 0.806 bits per heavy atom. The zero-order valence-electron chi connectivity index (χ0n) is 18.5. The fourth-order valence-electron chi connectivity index (χ4n) is 4.04. The maximum absolute atomic E-state index is 13.1. The summed E-state index contributed by atoms with van der Waals surface area (Å²) in [6.45, 7) is 0. The van der Waals surface area contributed by atoms with Crippen molar-refractivity contribution in [1.82, 2.24) is 4.98 Å². The highest BCUT2D eigenvalue weighted by molar-refractivity contribution is 6.34. The van der Waals surface area contributed by atoms with Crippen molar-refractivity contribution < 1.29 is 23.7 Å². The second kappa shape index (κ2) is 8.17. The maximum Gasteiger partial charge on any atom is 0.269 e. The van der Waals surface area contributed by atoms with Gasteiger partial charge in [-0.15, -0.1) is 0 Å². The van der Waals surface area contributed by atoms with Crippen LogP contribution in [0.2, 0.25) is 0 Å². The van der Waals surface area contributed by atoms with Crippen LogP contribution in [0.1, 0.15) is 20.7 Å². The van der Waals surface area contributed by atoms with Crippen LogP contribution in [0, 0.1) is 10.1 Å². The Balaban J connectivity index is 1.24. The van der Waals surface area contributed by atoms with Crippen LogP contribution in [0.25, 0.3) is 22.6 Å². The molecule has 0 bridgehead atoms. The summed E-state index contributed by atoms with van der Waals surface area (Å²) in [5, 5.41) is 10.8. The standard InChI is InChI=1S/C27H15N3O6/c31-26-21-14-13-20(35-19-11-9-18(10-12-19)30(33)34)15-22(21)27(32)29(26)17-7-5-16(6-8-17)25-28-23-3-1-2-4-24(23)36-25/h1-15H. The number of hydrogen-bond donors (Lipinski definition) is 0. The van der Waals surface area contributed by atoms with Gasteiger partial charge in [-0.2, -0.15) is 0 Å². The zero-order valence-corrected chi connectivity index (χ0v) is 18.5. The average Bonchev–Trinajstić information content (AvgIpc) is 3.43. The number of fused-ring (bicyclic) bond motifs is 2. The first kappa shape index (κ1) is 21.2. The molecule has 1 aliphatic rings. The largest absolute Gasteiger partial charge is 0.457 e. The van der Waals surface area contributed by atoms with Gasteiger partial charge >= 0.3 is 0 Å². The molecule has 0 aliphatic carbocycles. The molecule has 2 heterocycles. The van der Waals surface area contributed by atoms with E-state index < -0.39 is 16.7 Å². The van der Waals surface area contributed by atoms with Crippen LogP contribution in [0.5, 0.6) is 11.5 Å². The molecule has 1 aliphatic heterocycles. The van der Waals surface area contributed by atoms with Gasteiger partial charge in [-0.1, -0.05) is 12.1 Å². The summed E-state index contributed by atoms with van der Waals surface area (Å²) >= 11 is 0. The Morgan fingerprint density at radius 3 is 2.22 bits per heavy atom. The highest BCUT2D eigenvalue weighted by Gasteiger charge is 2.37. The number of ether oxygens (including phenoxy) is 1. The van der Waals surface area contributed by atoms with E-state index in [0.29, 0.717) is 34.2 Å². The molecular weight excluding hydrogens is 462 g/mol. The summed E-state index contributed by atoms with van der Waals surface area (Å²) in [5.41, 5.74) is 2.95. The summed E-state index contributed by atoms with van der Waals surface area (Å²) in [7, 11) is 0. The first-order valence-corrected chi connectivity index (χ1v) is 10.9. The Bertz CT molecular complexity index is 1640. The molecule has 0 N–H and O–H groups in total. The number of non-ortho nitro benzene ring substituents is 1. The van der Waals surface area contributed by atoms with Crippen LogP contribution in [0.3, 0.4) is 0 Å². The molecule has 0 unspecified atom stereocenters. The van der Waals surface area contributed by atoms with Crippen LogP contribution in [-0.4, -0.2) is 21.7 Å². The first-order chi connectivity index (χ1) is 17.5. The molecule has 0 fully saturated rings. The molecule has 2 amide bonds. The van der Waals surface area contributed by atoms with Crippen molar-refractivity contribution in [2.24, 2.45) is 0 Å². The minimum atomic E-state index is -0.502. The van der Waals surface area contributed by atoms with Gasteiger partial charge in [0.2, 0.25) is 5.89 Å². The number of aromatic nitrogens is 1. The lowest BCUT2D eigenvalue weighted by molar-refractivity contribution is -0.384. The maximum atomic E-state index is 13.1. The summed E-state index contributed by atoms with van der Waals surface area (Å²) in [6, 6.07) is 24.4. The molecule has 0 atom stereocenters. The second-order valence-corrected chi connectivity index (χ2v) is 8.04. The highest BCUT2D eigenvalue weighted by Crippen LogP contribution is 2.34. The molecule has 36 heavy (non-hydrogen) atoms. The van der Waals surface area contributed by atoms with Crippen LogP contribution < -0.4 is 9.64 Å². The number of amides is 2. The molecule has 1 aromatic heterocycles. The Hall–Kier alpha value is -5.31. The fourth-order valence-corrected chi connectivity index (χ4v) is 4.04. The van der Waals surface area contributed by atoms with Crippen LogP contribution >= 0.6 is 0 Å². The number of nitro groups is 1. The number of benzene rings is 4. The topological polar surface area (TPSA) is 116 Å². The lowest BCUT2D eigenvalue weighted by Gasteiger charge is -2.13. The summed E-state index contributed by atoms with van der Waals surface area (Å²) < 4.78 is 11.5. The van der Waals surface area contributed by atoms with E-state index in [-0.39, 0.29) is 16.8 Å². The number of oxazole rings is 1. The molecule has 0 saturated heterocycles. The fraction of sp³-hybridized carbons (Fsp3) is 0. The average molecular weight is 477 g/mol. The van der Waals surface area contributed by atoms with Gasteiger partial charge in [0.15, 0.2) is 5.58 Å². The first-order valence-electron chi connectivity index (χ1n) is 10.9. The normalized spacial score (nSPS) is 12.7. The van der Waals surface area contributed by atoms with Crippen molar-refractivity contribution in [3.8, 4) is 23.0 Å². The molecule has 0 saturated carbocycles. The van der Waals surface area contributed by atoms with E-state index in [2.05, 4.69) is 4.98 Å². The highest BCUT2D eigenvalue weighted by atomic mass is 16.6. The Labute approximate surface area is 203 Å². The third-order valence-electron chi connectivity index (χ3n) is 5.81. The van der Waals surface area contributed by atoms with Gasteiger partial charge in [0.1, 0.15) is 17.0 Å². The van der Waals surface area contributed by atoms with Gasteiger partial charge < -0.3 is 9.15 Å². The molecule has 174 valence electrons. The van der Waals surface area contributed by atoms with E-state index >= 15 is 0 Å². The number of rotatable bonds is 5. The number of carbonyl (C=O) groups is 2. The third kappa shape index (κ3) is 3.55. The van der Waals surface area contributed by atoms with Gasteiger partial charge in [-0.05, 0) is 66.7 Å². The number of para-hydroxylation sites is 2. The molecule has 9 heteroatoms. The number of nitrogens with zero attached hydrogens (tertiary/aromatic N) is 3. The smallest absolute Gasteiger partial charge is 0.269 e. The quantitative estimate of drug-likeness (QED) is 0.173. The van der Waals surface area contributed by atoms with Gasteiger partial charge in [0.25, 0.3) is 17.5 Å². The van der Waals surface area contributed by atoms with Crippen LogP contribution in [0.15, 0.2) is 95.4 Å². The van der Waals surface area contributed by atoms with Crippen molar-refractivity contribution in [2.75, 3.05) is 4.90 Å². The number of imide groups is 1. The predicted molar refractivity (Wildman–Crippen MR) is 130 cm³/mol. The second-order valence-electron chi connectivity index (χ2n) is 8.04. The van der Waals surface area contributed by atoms with Crippen molar-refractivity contribution in [1.29, 1.82) is 0 Å². The van der Waals surface area contributed by atoms with Crippen LogP contribution in [-0.2, 0) is 0 Å². The summed E-state index contributed by atoms with van der Waals surface area (Å²) in [6.07, 6.45) is 0. The van der Waals surface area contributed by atoms with Crippen LogP contribution in [0.4, 0.5) is 11.4 Å². The van der Waals surface area contributed by atoms with E-state index in [1.165, 1.54) is 36.4 Å². The lowest BCUT2D eigenvalue weighted by Crippen LogP contribution is -2.29. The van der Waals surface area contributed by atoms with Crippen molar-refractivity contribution >= 4 is 34.3 Å². The molecule has 4 aromatic carbocycles. The molecule has 0 radical (unpaired) electrons. The lowest BCUT2D eigenvalue weighted by atomic mass is 10.1. The Morgan fingerprint density at radius 2 is 1.50 bits per heavy atom. The molecule has 6 rings (SSSR count). The number of hydrogen-bond acceptors (Lipinski definition) is 7. The zero-order chi connectivity index (χ0) is 24.8.